The molecule has 0 aliphatic heterocycles. The lowest BCUT2D eigenvalue weighted by Crippen LogP contribution is -2.07. The molecule has 0 aromatic carbocycles. The van der Waals surface area contributed by atoms with Gasteiger partial charge in [0.25, 0.3) is 0 Å². The minimum Gasteiger partial charge on any atom is -0.281 e. The zero-order valence-electron chi connectivity index (χ0n) is 6.98. The Balaban J connectivity index is 3.59. The number of halogens is 2. The first kappa shape index (κ1) is 11.9. The summed E-state index contributed by atoms with van der Waals surface area (Å²) in [5.41, 5.74) is 0. The molecule has 2 nitrogen and oxygen atoms in total. The quantitative estimate of drug-likeness (QED) is 0.633. The molecule has 0 rings (SSSR count). The predicted molar refractivity (Wildman–Crippen MR) is 49.4 cm³/mol. The Labute approximate surface area is 82.2 Å². The van der Waals surface area contributed by atoms with E-state index in [0.717, 1.165) is 6.42 Å². The molecular formula is C8H12Cl2O2. The Morgan fingerprint density at radius 2 is 1.92 bits per heavy atom. The van der Waals surface area contributed by atoms with Gasteiger partial charge in [0.05, 0.1) is 0 Å². The Morgan fingerprint density at radius 1 is 1.33 bits per heavy atom. The monoisotopic (exact) mass is 210 g/mol. The van der Waals surface area contributed by atoms with Gasteiger partial charge in [-0.3, -0.25) is 9.59 Å². The summed E-state index contributed by atoms with van der Waals surface area (Å²) in [6, 6.07) is 0. The third-order valence-corrected chi connectivity index (χ3v) is 2.24. The highest BCUT2D eigenvalue weighted by molar-refractivity contribution is 6.64. The van der Waals surface area contributed by atoms with E-state index in [0.29, 0.717) is 19.3 Å². The van der Waals surface area contributed by atoms with E-state index in [1.54, 1.807) is 0 Å². The SMILES string of the molecule is CCC(CCCC(=O)Cl)C(=O)Cl. The maximum Gasteiger partial charge on any atom is 0.224 e. The van der Waals surface area contributed by atoms with Gasteiger partial charge in [0.15, 0.2) is 0 Å². The van der Waals surface area contributed by atoms with Gasteiger partial charge >= 0.3 is 0 Å². The zero-order valence-corrected chi connectivity index (χ0v) is 8.49. The summed E-state index contributed by atoms with van der Waals surface area (Å²) in [5.74, 6) is -0.123. The molecular weight excluding hydrogens is 199 g/mol. The van der Waals surface area contributed by atoms with Crippen LogP contribution in [0.4, 0.5) is 0 Å². The molecule has 0 radical (unpaired) electrons. The average molecular weight is 211 g/mol. The van der Waals surface area contributed by atoms with E-state index >= 15 is 0 Å². The van der Waals surface area contributed by atoms with Crippen LogP contribution in [0.2, 0.25) is 0 Å². The molecule has 0 N–H and O–H groups in total. The van der Waals surface area contributed by atoms with Crippen LogP contribution in [-0.4, -0.2) is 10.5 Å². The molecule has 0 fully saturated rings. The van der Waals surface area contributed by atoms with Crippen molar-refractivity contribution in [3.63, 3.8) is 0 Å². The molecule has 0 bridgehead atoms. The summed E-state index contributed by atoms with van der Waals surface area (Å²) in [4.78, 5) is 21.0. The first-order valence-corrected chi connectivity index (χ1v) is 4.71. The van der Waals surface area contributed by atoms with Crippen LogP contribution < -0.4 is 0 Å². The van der Waals surface area contributed by atoms with Gasteiger partial charge in [-0.2, -0.15) is 0 Å². The van der Waals surface area contributed by atoms with Crippen LogP contribution in [0.15, 0.2) is 0 Å². The van der Waals surface area contributed by atoms with Crippen LogP contribution in [0.5, 0.6) is 0 Å². The summed E-state index contributed by atoms with van der Waals surface area (Å²) in [6.07, 6.45) is 2.33. The van der Waals surface area contributed by atoms with Crippen molar-refractivity contribution in [3.8, 4) is 0 Å². The van der Waals surface area contributed by atoms with Crippen molar-refractivity contribution in [3.05, 3.63) is 0 Å². The fraction of sp³-hybridized carbons (Fsp3) is 0.750. The van der Waals surface area contributed by atoms with Crippen LogP contribution in [-0.2, 0) is 9.59 Å². The van der Waals surface area contributed by atoms with Crippen molar-refractivity contribution in [1.29, 1.82) is 0 Å². The van der Waals surface area contributed by atoms with Gasteiger partial charge in [-0.05, 0) is 42.5 Å². The summed E-state index contributed by atoms with van der Waals surface area (Å²) < 4.78 is 0. The van der Waals surface area contributed by atoms with E-state index in [-0.39, 0.29) is 16.4 Å². The highest BCUT2D eigenvalue weighted by atomic mass is 35.5. The van der Waals surface area contributed by atoms with Crippen molar-refractivity contribution in [1.82, 2.24) is 0 Å². The topological polar surface area (TPSA) is 34.1 Å². The van der Waals surface area contributed by atoms with Crippen LogP contribution in [0, 0.1) is 5.92 Å². The Kier molecular flexibility index (Phi) is 6.39. The zero-order chi connectivity index (χ0) is 9.56. The standard InChI is InChI=1S/C8H12Cl2O2/c1-2-6(8(10)12)4-3-5-7(9)11/h6H,2-5H2,1H3. The maximum absolute atomic E-state index is 10.7. The van der Waals surface area contributed by atoms with Crippen LogP contribution in [0.25, 0.3) is 0 Å². The number of carbonyl (C=O) groups excluding carboxylic acids is 2. The molecule has 1 atom stereocenters. The Hall–Kier alpha value is -0.0800. The van der Waals surface area contributed by atoms with E-state index in [1.807, 2.05) is 6.92 Å². The highest BCUT2D eigenvalue weighted by Gasteiger charge is 2.13. The summed E-state index contributed by atoms with van der Waals surface area (Å²) in [6.45, 7) is 1.90. The Morgan fingerprint density at radius 3 is 2.25 bits per heavy atom. The molecule has 0 spiro atoms. The molecule has 4 heteroatoms. The molecule has 0 aliphatic rings. The lowest BCUT2D eigenvalue weighted by atomic mass is 10.0. The van der Waals surface area contributed by atoms with Crippen molar-refractivity contribution in [2.75, 3.05) is 0 Å². The second-order valence-electron chi connectivity index (χ2n) is 2.66. The predicted octanol–water partition coefficient (Wildman–Crippen LogP) is 2.71. The lowest BCUT2D eigenvalue weighted by Gasteiger charge is -2.07. The largest absolute Gasteiger partial charge is 0.281 e. The van der Waals surface area contributed by atoms with Crippen molar-refractivity contribution >= 4 is 33.7 Å². The van der Waals surface area contributed by atoms with Crippen LogP contribution >= 0.6 is 23.2 Å². The van der Waals surface area contributed by atoms with E-state index in [2.05, 4.69) is 0 Å². The van der Waals surface area contributed by atoms with E-state index in [9.17, 15) is 9.59 Å². The molecule has 70 valence electrons. The average Bonchev–Trinajstić information content (AvgIpc) is 1.96. The number of carbonyl (C=O) groups is 2. The van der Waals surface area contributed by atoms with E-state index in [1.165, 1.54) is 0 Å². The van der Waals surface area contributed by atoms with E-state index < -0.39 is 0 Å². The van der Waals surface area contributed by atoms with Gasteiger partial charge in [-0.15, -0.1) is 0 Å². The fourth-order valence-corrected chi connectivity index (χ4v) is 1.36. The number of hydrogen-bond acceptors (Lipinski definition) is 2. The van der Waals surface area contributed by atoms with Gasteiger partial charge in [-0.25, -0.2) is 0 Å². The molecule has 0 aromatic heterocycles. The summed E-state index contributed by atoms with van der Waals surface area (Å²) >= 11 is 10.4. The first-order chi connectivity index (χ1) is 5.57. The van der Waals surface area contributed by atoms with Gasteiger partial charge in [0, 0.05) is 12.3 Å². The smallest absolute Gasteiger partial charge is 0.224 e. The van der Waals surface area contributed by atoms with Gasteiger partial charge < -0.3 is 0 Å². The molecule has 0 saturated carbocycles. The molecule has 1 unspecified atom stereocenters. The van der Waals surface area contributed by atoms with Crippen LogP contribution in [0.3, 0.4) is 0 Å². The first-order valence-electron chi connectivity index (χ1n) is 3.95. The lowest BCUT2D eigenvalue weighted by molar-refractivity contribution is -0.116. The van der Waals surface area contributed by atoms with E-state index in [4.69, 9.17) is 23.2 Å². The van der Waals surface area contributed by atoms with Gasteiger partial charge in [0.1, 0.15) is 0 Å². The maximum atomic E-state index is 10.7. The molecule has 12 heavy (non-hydrogen) atoms. The van der Waals surface area contributed by atoms with Crippen molar-refractivity contribution in [2.24, 2.45) is 5.92 Å². The second-order valence-corrected chi connectivity index (χ2v) is 3.45. The minimum absolute atomic E-state index is 0.123. The molecule has 0 heterocycles. The number of hydrogen-bond donors (Lipinski definition) is 0. The third kappa shape index (κ3) is 5.56. The van der Waals surface area contributed by atoms with Crippen molar-refractivity contribution in [2.45, 2.75) is 32.6 Å². The summed E-state index contributed by atoms with van der Waals surface area (Å²) in [7, 11) is 0. The van der Waals surface area contributed by atoms with Crippen molar-refractivity contribution < 1.29 is 9.59 Å². The summed E-state index contributed by atoms with van der Waals surface area (Å²) in [5, 5.41) is -0.675. The normalized spacial score (nSPS) is 12.6. The number of rotatable bonds is 6. The molecule has 0 saturated heterocycles. The highest BCUT2D eigenvalue weighted by Crippen LogP contribution is 2.15. The molecule has 0 amide bonds. The minimum atomic E-state index is -0.355. The molecule has 0 aliphatic carbocycles. The van der Waals surface area contributed by atoms with Gasteiger partial charge in [0.2, 0.25) is 10.5 Å². The molecule has 0 aromatic rings. The fourth-order valence-electron chi connectivity index (χ4n) is 0.966. The second kappa shape index (κ2) is 6.44. The Bertz CT molecular complexity index is 168. The third-order valence-electron chi connectivity index (χ3n) is 1.74. The van der Waals surface area contributed by atoms with Gasteiger partial charge in [-0.1, -0.05) is 6.92 Å². The van der Waals surface area contributed by atoms with Crippen LogP contribution in [0.1, 0.15) is 32.6 Å².